The van der Waals surface area contributed by atoms with Gasteiger partial charge < -0.3 is 10.2 Å². The maximum Gasteiger partial charge on any atom is 0.217 e. The maximum atomic E-state index is 10.6. The van der Waals surface area contributed by atoms with Crippen LogP contribution in [0.3, 0.4) is 0 Å². The molecule has 1 saturated heterocycles. The molecule has 0 aromatic carbocycles. The van der Waals surface area contributed by atoms with Gasteiger partial charge in [-0.2, -0.15) is 7.05 Å². The Hall–Kier alpha value is -0.570. The van der Waals surface area contributed by atoms with Crippen LogP contribution in [0.1, 0.15) is 13.3 Å². The molecule has 3 heteroatoms. The fourth-order valence-electron chi connectivity index (χ4n) is 1.34. The standard InChI is InChI=1S/C7H14N2O/c1-6(10)8-7-3-4-9(2)5-7/h7,9H,2-5H2,1H3,(H,8,10). The summed E-state index contributed by atoms with van der Waals surface area (Å²) in [5.74, 6) is 0.0692. The number of amides is 1. The van der Waals surface area contributed by atoms with Crippen LogP contribution in [0.5, 0.6) is 0 Å². The zero-order chi connectivity index (χ0) is 7.56. The van der Waals surface area contributed by atoms with Crippen LogP contribution in [0, 0.1) is 7.05 Å². The third-order valence-electron chi connectivity index (χ3n) is 1.79. The Morgan fingerprint density at radius 2 is 2.50 bits per heavy atom. The zero-order valence-corrected chi connectivity index (χ0v) is 6.31. The fourth-order valence-corrected chi connectivity index (χ4v) is 1.34. The second kappa shape index (κ2) is 3.01. The second-order valence-electron chi connectivity index (χ2n) is 2.89. The van der Waals surface area contributed by atoms with Gasteiger partial charge in [-0.1, -0.05) is 0 Å². The van der Waals surface area contributed by atoms with Crippen molar-refractivity contribution in [2.24, 2.45) is 0 Å². The maximum absolute atomic E-state index is 10.6. The van der Waals surface area contributed by atoms with E-state index in [1.54, 1.807) is 6.92 Å². The lowest BCUT2D eigenvalue weighted by atomic mass is 10.3. The molecule has 2 atom stereocenters. The van der Waals surface area contributed by atoms with E-state index in [-0.39, 0.29) is 5.91 Å². The molecule has 0 aromatic heterocycles. The Kier molecular flexibility index (Phi) is 2.27. The summed E-state index contributed by atoms with van der Waals surface area (Å²) in [5.41, 5.74) is 0. The Bertz CT molecular complexity index is 136. The van der Waals surface area contributed by atoms with Crippen molar-refractivity contribution in [1.29, 1.82) is 0 Å². The average molecular weight is 142 g/mol. The normalized spacial score (nSPS) is 32.2. The minimum atomic E-state index is 0.0692. The minimum Gasteiger partial charge on any atom is -0.466 e. The molecule has 0 aromatic rings. The van der Waals surface area contributed by atoms with E-state index in [9.17, 15) is 4.79 Å². The molecule has 1 fully saturated rings. The van der Waals surface area contributed by atoms with Crippen LogP contribution in [0.4, 0.5) is 0 Å². The highest BCUT2D eigenvalue weighted by molar-refractivity contribution is 5.73. The van der Waals surface area contributed by atoms with Crippen molar-refractivity contribution in [3.05, 3.63) is 7.05 Å². The summed E-state index contributed by atoms with van der Waals surface area (Å²) < 4.78 is 0. The molecule has 0 spiro atoms. The van der Waals surface area contributed by atoms with Crippen molar-refractivity contribution in [2.75, 3.05) is 13.1 Å². The van der Waals surface area contributed by atoms with E-state index in [1.165, 1.54) is 4.90 Å². The van der Waals surface area contributed by atoms with E-state index in [1.807, 2.05) is 0 Å². The first-order valence-corrected chi connectivity index (χ1v) is 3.62. The SMILES string of the molecule is [CH2-][NH+]1CCC(NC(C)=O)C1. The van der Waals surface area contributed by atoms with Gasteiger partial charge >= 0.3 is 0 Å². The summed E-state index contributed by atoms with van der Waals surface area (Å²) in [7, 11) is 3.86. The van der Waals surface area contributed by atoms with E-state index in [4.69, 9.17) is 0 Å². The highest BCUT2D eigenvalue weighted by Crippen LogP contribution is 1.91. The van der Waals surface area contributed by atoms with Crippen LogP contribution in [0.2, 0.25) is 0 Å². The summed E-state index contributed by atoms with van der Waals surface area (Å²) in [6.45, 7) is 3.60. The van der Waals surface area contributed by atoms with Crippen LogP contribution in [0.15, 0.2) is 0 Å². The number of rotatable bonds is 1. The number of nitrogens with one attached hydrogen (secondary N) is 2. The smallest absolute Gasteiger partial charge is 0.217 e. The molecule has 0 saturated carbocycles. The van der Waals surface area contributed by atoms with Crippen molar-refractivity contribution in [3.63, 3.8) is 0 Å². The van der Waals surface area contributed by atoms with Crippen LogP contribution in [0.25, 0.3) is 0 Å². The number of carbonyl (C=O) groups is 1. The van der Waals surface area contributed by atoms with Crippen LogP contribution >= 0.6 is 0 Å². The van der Waals surface area contributed by atoms with Gasteiger partial charge in [0, 0.05) is 13.3 Å². The van der Waals surface area contributed by atoms with Crippen molar-refractivity contribution in [1.82, 2.24) is 5.32 Å². The lowest BCUT2D eigenvalue weighted by Gasteiger charge is -2.12. The first kappa shape index (κ1) is 7.54. The molecule has 2 N–H and O–H groups in total. The quantitative estimate of drug-likeness (QED) is 0.432. The molecule has 58 valence electrons. The van der Waals surface area contributed by atoms with Gasteiger partial charge in [0.25, 0.3) is 0 Å². The van der Waals surface area contributed by atoms with Gasteiger partial charge in [-0.05, 0) is 0 Å². The van der Waals surface area contributed by atoms with Gasteiger partial charge in [0.2, 0.25) is 5.91 Å². The van der Waals surface area contributed by atoms with E-state index < -0.39 is 0 Å². The van der Waals surface area contributed by atoms with E-state index >= 15 is 0 Å². The van der Waals surface area contributed by atoms with Gasteiger partial charge in [-0.15, -0.1) is 0 Å². The van der Waals surface area contributed by atoms with Gasteiger partial charge in [0.15, 0.2) is 0 Å². The predicted molar refractivity (Wildman–Crippen MR) is 38.3 cm³/mol. The highest BCUT2D eigenvalue weighted by atomic mass is 16.1. The van der Waals surface area contributed by atoms with Gasteiger partial charge in [-0.25, -0.2) is 0 Å². The van der Waals surface area contributed by atoms with E-state index in [0.717, 1.165) is 19.5 Å². The molecule has 10 heavy (non-hydrogen) atoms. The Labute approximate surface area is 61.4 Å². The molecular weight excluding hydrogens is 128 g/mol. The second-order valence-corrected chi connectivity index (χ2v) is 2.89. The Balaban J connectivity index is 2.24. The van der Waals surface area contributed by atoms with Crippen molar-refractivity contribution in [3.8, 4) is 0 Å². The van der Waals surface area contributed by atoms with Crippen LogP contribution in [-0.2, 0) is 4.79 Å². The summed E-state index contributed by atoms with van der Waals surface area (Å²) >= 11 is 0. The number of quaternary nitrogens is 1. The molecule has 0 radical (unpaired) electrons. The molecule has 1 aliphatic heterocycles. The zero-order valence-electron chi connectivity index (χ0n) is 6.31. The van der Waals surface area contributed by atoms with Gasteiger partial charge in [0.1, 0.15) is 0 Å². The Morgan fingerprint density at radius 1 is 1.80 bits per heavy atom. The summed E-state index contributed by atoms with van der Waals surface area (Å²) in [5, 5.41) is 2.87. The molecule has 0 aliphatic carbocycles. The predicted octanol–water partition coefficient (Wildman–Crippen LogP) is -1.43. The summed E-state index contributed by atoms with van der Waals surface area (Å²) in [6, 6.07) is 0.366. The van der Waals surface area contributed by atoms with Gasteiger partial charge in [-0.3, -0.25) is 4.79 Å². The summed E-state index contributed by atoms with van der Waals surface area (Å²) in [6.07, 6.45) is 1.07. The average Bonchev–Trinajstić information content (AvgIpc) is 2.13. The molecular formula is C7H14N2O. The topological polar surface area (TPSA) is 33.5 Å². The van der Waals surface area contributed by atoms with Crippen LogP contribution in [-0.4, -0.2) is 25.0 Å². The monoisotopic (exact) mass is 142 g/mol. The first-order valence-electron chi connectivity index (χ1n) is 3.62. The number of hydrogen-bond acceptors (Lipinski definition) is 1. The molecule has 2 unspecified atom stereocenters. The lowest BCUT2D eigenvalue weighted by molar-refractivity contribution is -0.840. The molecule has 1 heterocycles. The number of carbonyl (C=O) groups excluding carboxylic acids is 1. The van der Waals surface area contributed by atoms with Crippen molar-refractivity contribution >= 4 is 5.91 Å². The molecule has 0 bridgehead atoms. The molecule has 1 aliphatic rings. The van der Waals surface area contributed by atoms with Crippen molar-refractivity contribution in [2.45, 2.75) is 19.4 Å². The van der Waals surface area contributed by atoms with Crippen LogP contribution < -0.4 is 10.2 Å². The number of hydrogen-bond donors (Lipinski definition) is 2. The third kappa shape index (κ3) is 1.99. The third-order valence-corrected chi connectivity index (χ3v) is 1.79. The Morgan fingerprint density at radius 3 is 2.90 bits per heavy atom. The largest absolute Gasteiger partial charge is 0.466 e. The highest BCUT2D eigenvalue weighted by Gasteiger charge is 2.19. The lowest BCUT2D eigenvalue weighted by Crippen LogP contribution is -3.05. The molecule has 1 amide bonds. The van der Waals surface area contributed by atoms with E-state index in [2.05, 4.69) is 12.4 Å². The van der Waals surface area contributed by atoms with Crippen molar-refractivity contribution < 1.29 is 9.69 Å². The first-order chi connectivity index (χ1) is 4.68. The van der Waals surface area contributed by atoms with E-state index in [0.29, 0.717) is 6.04 Å². The fraction of sp³-hybridized carbons (Fsp3) is 0.714. The summed E-state index contributed by atoms with van der Waals surface area (Å²) in [4.78, 5) is 11.8. The minimum absolute atomic E-state index is 0.0692. The molecule has 1 rings (SSSR count). The van der Waals surface area contributed by atoms with Gasteiger partial charge in [0.05, 0.1) is 19.1 Å². The number of likely N-dealkylation sites (tertiary alicyclic amines) is 1. The molecule has 3 nitrogen and oxygen atoms in total.